The van der Waals surface area contributed by atoms with E-state index in [1.807, 2.05) is 11.9 Å². The number of ether oxygens (including phenoxy) is 1. The average molecular weight is 266 g/mol. The van der Waals surface area contributed by atoms with Gasteiger partial charge in [-0.15, -0.1) is 0 Å². The average Bonchev–Trinajstić information content (AvgIpc) is 2.38. The third-order valence-electron chi connectivity index (χ3n) is 3.60. The van der Waals surface area contributed by atoms with Gasteiger partial charge in [0.05, 0.1) is 12.1 Å². The third kappa shape index (κ3) is 3.33. The summed E-state index contributed by atoms with van der Waals surface area (Å²) >= 11 is 0. The summed E-state index contributed by atoms with van der Waals surface area (Å²) in [6.45, 7) is 0.332. The smallest absolute Gasteiger partial charge is 0.158 e. The van der Waals surface area contributed by atoms with Crippen molar-refractivity contribution in [2.45, 2.75) is 44.4 Å². The van der Waals surface area contributed by atoms with Crippen LogP contribution in [0.25, 0.3) is 0 Å². The molecule has 0 aromatic carbocycles. The van der Waals surface area contributed by atoms with Crippen LogP contribution in [0.1, 0.15) is 31.5 Å². The Kier molecular flexibility index (Phi) is 4.55. The molecule has 2 atom stereocenters. The number of aromatic nitrogens is 2. The van der Waals surface area contributed by atoms with Crippen LogP contribution in [0.5, 0.6) is 0 Å². The molecule has 1 heterocycles. The summed E-state index contributed by atoms with van der Waals surface area (Å²) in [7, 11) is 3.54. The molecule has 106 valence electrons. The first-order valence-electron chi connectivity index (χ1n) is 6.65. The van der Waals surface area contributed by atoms with Crippen LogP contribution in [0.15, 0.2) is 6.07 Å². The maximum absolute atomic E-state index is 10.1. The fourth-order valence-electron chi connectivity index (χ4n) is 2.59. The number of nitrogens with two attached hydrogens (primary N) is 1. The van der Waals surface area contributed by atoms with Gasteiger partial charge in [0.25, 0.3) is 0 Å². The lowest BCUT2D eigenvalue weighted by Gasteiger charge is -2.36. The summed E-state index contributed by atoms with van der Waals surface area (Å²) in [4.78, 5) is 10.6. The van der Waals surface area contributed by atoms with E-state index in [4.69, 9.17) is 10.5 Å². The minimum absolute atomic E-state index is 0.0958. The van der Waals surface area contributed by atoms with E-state index < -0.39 is 0 Å². The topological polar surface area (TPSA) is 84.5 Å². The number of hydrogen-bond acceptors (Lipinski definition) is 6. The van der Waals surface area contributed by atoms with Crippen LogP contribution < -0.4 is 10.6 Å². The van der Waals surface area contributed by atoms with Gasteiger partial charge >= 0.3 is 0 Å². The first-order valence-corrected chi connectivity index (χ1v) is 6.65. The molecule has 19 heavy (non-hydrogen) atoms. The molecule has 1 aromatic heterocycles. The minimum Gasteiger partial charge on any atom is -0.391 e. The summed E-state index contributed by atoms with van der Waals surface area (Å²) < 4.78 is 5.04. The molecule has 2 rings (SSSR count). The van der Waals surface area contributed by atoms with Gasteiger partial charge in [0.2, 0.25) is 0 Å². The van der Waals surface area contributed by atoms with Crippen LogP contribution in [0.4, 0.5) is 11.6 Å². The standard InChI is InChI=1S/C13H22N4O2/c1-17(9-5-3-4-6-10(9)18)13-7-11(14)15-12(16-13)8-19-2/h7,9-10,18H,3-6,8H2,1-2H3,(H2,14,15,16). The van der Waals surface area contributed by atoms with Gasteiger partial charge in [-0.3, -0.25) is 0 Å². The SMILES string of the molecule is COCc1nc(N)cc(N(C)C2CCCCC2O)n1. The van der Waals surface area contributed by atoms with Crippen LogP contribution >= 0.6 is 0 Å². The van der Waals surface area contributed by atoms with E-state index in [2.05, 4.69) is 9.97 Å². The molecule has 6 heteroatoms. The van der Waals surface area contributed by atoms with Crippen LogP contribution in [0, 0.1) is 0 Å². The van der Waals surface area contributed by atoms with Crippen LogP contribution in [-0.4, -0.2) is 41.4 Å². The lowest BCUT2D eigenvalue weighted by atomic mass is 9.91. The van der Waals surface area contributed by atoms with Crippen molar-refractivity contribution in [2.75, 3.05) is 24.8 Å². The highest BCUT2D eigenvalue weighted by Gasteiger charge is 2.27. The molecule has 0 amide bonds. The summed E-state index contributed by atoms with van der Waals surface area (Å²) in [5, 5.41) is 10.1. The fraction of sp³-hybridized carbons (Fsp3) is 0.692. The van der Waals surface area contributed by atoms with Gasteiger partial charge < -0.3 is 20.5 Å². The third-order valence-corrected chi connectivity index (χ3v) is 3.60. The Balaban J connectivity index is 2.19. The summed E-state index contributed by atoms with van der Waals surface area (Å²) in [5.41, 5.74) is 5.80. The van der Waals surface area contributed by atoms with Crippen molar-refractivity contribution in [1.29, 1.82) is 0 Å². The second kappa shape index (κ2) is 6.16. The molecule has 1 fully saturated rings. The summed E-state index contributed by atoms with van der Waals surface area (Å²) in [6.07, 6.45) is 3.74. The van der Waals surface area contributed by atoms with Crippen molar-refractivity contribution in [2.24, 2.45) is 0 Å². The largest absolute Gasteiger partial charge is 0.391 e. The molecular formula is C13H22N4O2. The molecular weight excluding hydrogens is 244 g/mol. The van der Waals surface area contributed by atoms with E-state index in [-0.39, 0.29) is 12.1 Å². The number of hydrogen-bond donors (Lipinski definition) is 2. The molecule has 0 saturated heterocycles. The summed E-state index contributed by atoms with van der Waals surface area (Å²) in [6, 6.07) is 1.83. The van der Waals surface area contributed by atoms with Crippen molar-refractivity contribution in [3.63, 3.8) is 0 Å². The van der Waals surface area contributed by atoms with E-state index in [0.717, 1.165) is 31.5 Å². The van der Waals surface area contributed by atoms with E-state index >= 15 is 0 Å². The Labute approximate surface area is 113 Å². The summed E-state index contributed by atoms with van der Waals surface area (Å²) in [5.74, 6) is 1.73. The molecule has 0 aliphatic heterocycles. The molecule has 3 N–H and O–H groups in total. The number of rotatable bonds is 4. The van der Waals surface area contributed by atoms with Crippen molar-refractivity contribution >= 4 is 11.6 Å². The molecule has 6 nitrogen and oxygen atoms in total. The molecule has 0 radical (unpaired) electrons. The Hall–Kier alpha value is -1.40. The molecule has 0 spiro atoms. The zero-order valence-corrected chi connectivity index (χ0v) is 11.5. The molecule has 1 aliphatic rings. The molecule has 1 saturated carbocycles. The van der Waals surface area contributed by atoms with Crippen molar-refractivity contribution in [1.82, 2.24) is 9.97 Å². The first-order chi connectivity index (χ1) is 9.11. The number of aliphatic hydroxyl groups is 1. The normalized spacial score (nSPS) is 23.3. The number of aliphatic hydroxyl groups excluding tert-OH is 1. The molecule has 1 aliphatic carbocycles. The number of nitrogens with zero attached hydrogens (tertiary/aromatic N) is 3. The van der Waals surface area contributed by atoms with E-state index in [1.54, 1.807) is 13.2 Å². The van der Waals surface area contributed by atoms with Gasteiger partial charge in [-0.2, -0.15) is 0 Å². The van der Waals surface area contributed by atoms with Gasteiger partial charge in [0.1, 0.15) is 18.2 Å². The van der Waals surface area contributed by atoms with Crippen molar-refractivity contribution < 1.29 is 9.84 Å². The molecule has 2 unspecified atom stereocenters. The Morgan fingerprint density at radius 3 is 2.84 bits per heavy atom. The molecule has 0 bridgehead atoms. The van der Waals surface area contributed by atoms with E-state index in [1.165, 1.54) is 0 Å². The Morgan fingerprint density at radius 2 is 2.16 bits per heavy atom. The van der Waals surface area contributed by atoms with Crippen molar-refractivity contribution in [3.8, 4) is 0 Å². The molecule has 1 aromatic rings. The first kappa shape index (κ1) is 14.0. The lowest BCUT2D eigenvalue weighted by Crippen LogP contribution is -2.44. The minimum atomic E-state index is -0.305. The number of methoxy groups -OCH3 is 1. The Bertz CT molecular complexity index is 427. The second-order valence-corrected chi connectivity index (χ2v) is 5.03. The highest BCUT2D eigenvalue weighted by atomic mass is 16.5. The zero-order valence-electron chi connectivity index (χ0n) is 11.5. The maximum atomic E-state index is 10.1. The van der Waals surface area contributed by atoms with Gasteiger partial charge in [0.15, 0.2) is 5.82 Å². The quantitative estimate of drug-likeness (QED) is 0.844. The predicted molar refractivity (Wildman–Crippen MR) is 73.8 cm³/mol. The monoisotopic (exact) mass is 266 g/mol. The fourth-order valence-corrected chi connectivity index (χ4v) is 2.59. The van der Waals surface area contributed by atoms with Gasteiger partial charge in [-0.05, 0) is 12.8 Å². The van der Waals surface area contributed by atoms with Gasteiger partial charge in [-0.25, -0.2) is 9.97 Å². The van der Waals surface area contributed by atoms with E-state index in [9.17, 15) is 5.11 Å². The lowest BCUT2D eigenvalue weighted by molar-refractivity contribution is 0.106. The second-order valence-electron chi connectivity index (χ2n) is 5.03. The Morgan fingerprint density at radius 1 is 1.42 bits per heavy atom. The number of nitrogen functional groups attached to an aromatic ring is 1. The highest BCUT2D eigenvalue weighted by Crippen LogP contribution is 2.26. The number of likely N-dealkylation sites (N-methyl/N-ethyl adjacent to an activating group) is 1. The van der Waals surface area contributed by atoms with Crippen molar-refractivity contribution in [3.05, 3.63) is 11.9 Å². The van der Waals surface area contributed by atoms with Crippen LogP contribution in [0.3, 0.4) is 0 Å². The van der Waals surface area contributed by atoms with Gasteiger partial charge in [-0.1, -0.05) is 12.8 Å². The maximum Gasteiger partial charge on any atom is 0.158 e. The predicted octanol–water partition coefficient (Wildman–Crippen LogP) is 0.945. The number of anilines is 2. The van der Waals surface area contributed by atoms with Crippen LogP contribution in [-0.2, 0) is 11.3 Å². The highest BCUT2D eigenvalue weighted by molar-refractivity contribution is 5.47. The van der Waals surface area contributed by atoms with E-state index in [0.29, 0.717) is 18.2 Å². The van der Waals surface area contributed by atoms with Crippen LogP contribution in [0.2, 0.25) is 0 Å². The van der Waals surface area contributed by atoms with Gasteiger partial charge in [0, 0.05) is 20.2 Å². The zero-order chi connectivity index (χ0) is 13.8.